The van der Waals surface area contributed by atoms with Crippen molar-refractivity contribution >= 4 is 26.6 Å². The molecule has 1 aromatic heterocycles. The van der Waals surface area contributed by atoms with Crippen molar-refractivity contribution in [3.05, 3.63) is 95.7 Å². The van der Waals surface area contributed by atoms with E-state index in [1.54, 1.807) is 49.7 Å². The molecule has 39 heavy (non-hydrogen) atoms. The Morgan fingerprint density at radius 2 is 1.64 bits per heavy atom. The molecule has 1 fully saturated rings. The van der Waals surface area contributed by atoms with Crippen LogP contribution in [0.4, 0.5) is 0 Å². The van der Waals surface area contributed by atoms with Crippen LogP contribution in [0.1, 0.15) is 21.5 Å². The van der Waals surface area contributed by atoms with Crippen molar-refractivity contribution in [2.75, 3.05) is 40.4 Å². The third kappa shape index (κ3) is 5.89. The summed E-state index contributed by atoms with van der Waals surface area (Å²) >= 11 is 0. The van der Waals surface area contributed by atoms with Gasteiger partial charge in [-0.05, 0) is 42.0 Å². The fourth-order valence-electron chi connectivity index (χ4n) is 4.89. The Morgan fingerprint density at radius 1 is 0.897 bits per heavy atom. The van der Waals surface area contributed by atoms with E-state index >= 15 is 0 Å². The number of fused-ring (bicyclic) bond motifs is 1. The van der Waals surface area contributed by atoms with Crippen LogP contribution in [0.5, 0.6) is 11.5 Å². The van der Waals surface area contributed by atoms with Gasteiger partial charge >= 0.3 is 0 Å². The van der Waals surface area contributed by atoms with Crippen LogP contribution in [0.15, 0.2) is 83.9 Å². The number of nitrogens with zero attached hydrogens (tertiary/aromatic N) is 3. The van der Waals surface area contributed by atoms with Crippen LogP contribution < -0.4 is 9.47 Å². The van der Waals surface area contributed by atoms with E-state index in [0.717, 1.165) is 30.8 Å². The fraction of sp³-hybridized carbons (Fsp3) is 0.267. The Kier molecular flexibility index (Phi) is 7.81. The minimum absolute atomic E-state index is 0.0925. The standard InChI is InChI=1S/C30H31N3O5S/c1-37-26-12-8-22(9-13-26)20-32-15-17-33(18-16-32)30(34)24-10-11-25(27(19-24)38-2)21-39(35,36)28-7-3-5-23-6-4-14-31-29(23)28/h3-14,19H,15-18,20-21H2,1-2H3. The predicted molar refractivity (Wildman–Crippen MR) is 150 cm³/mol. The van der Waals surface area contributed by atoms with Crippen molar-refractivity contribution in [1.29, 1.82) is 0 Å². The number of carbonyl (C=O) groups excluding carboxylic acids is 1. The van der Waals surface area contributed by atoms with Gasteiger partial charge in [0.05, 0.1) is 30.4 Å². The Labute approximate surface area is 228 Å². The van der Waals surface area contributed by atoms with Gasteiger partial charge < -0.3 is 14.4 Å². The van der Waals surface area contributed by atoms with Gasteiger partial charge in [0.2, 0.25) is 0 Å². The number of rotatable bonds is 8. The highest BCUT2D eigenvalue weighted by atomic mass is 32.2. The average Bonchev–Trinajstić information content (AvgIpc) is 2.97. The number of hydrogen-bond acceptors (Lipinski definition) is 7. The molecule has 0 N–H and O–H groups in total. The number of pyridine rings is 1. The third-order valence-electron chi connectivity index (χ3n) is 7.04. The van der Waals surface area contributed by atoms with E-state index in [1.165, 1.54) is 12.7 Å². The molecule has 0 aliphatic carbocycles. The van der Waals surface area contributed by atoms with E-state index < -0.39 is 9.84 Å². The van der Waals surface area contributed by atoms with E-state index in [-0.39, 0.29) is 16.6 Å². The van der Waals surface area contributed by atoms with Gasteiger partial charge in [0.15, 0.2) is 9.84 Å². The maximum absolute atomic E-state index is 13.4. The van der Waals surface area contributed by atoms with Crippen molar-refractivity contribution in [1.82, 2.24) is 14.8 Å². The summed E-state index contributed by atoms with van der Waals surface area (Å²) in [6.45, 7) is 3.58. The second-order valence-electron chi connectivity index (χ2n) is 9.53. The second-order valence-corrected chi connectivity index (χ2v) is 11.5. The highest BCUT2D eigenvalue weighted by molar-refractivity contribution is 7.90. The van der Waals surface area contributed by atoms with Crippen molar-refractivity contribution < 1.29 is 22.7 Å². The summed E-state index contributed by atoms with van der Waals surface area (Å²) in [5, 5.41) is 0.760. The molecule has 0 unspecified atom stereocenters. The van der Waals surface area contributed by atoms with Gasteiger partial charge in [-0.3, -0.25) is 14.7 Å². The number of para-hydroxylation sites is 1. The largest absolute Gasteiger partial charge is 0.497 e. The number of sulfone groups is 1. The van der Waals surface area contributed by atoms with Gasteiger partial charge in [0.25, 0.3) is 5.91 Å². The zero-order valence-electron chi connectivity index (χ0n) is 22.0. The van der Waals surface area contributed by atoms with Crippen LogP contribution in [0.3, 0.4) is 0 Å². The van der Waals surface area contributed by atoms with Crippen LogP contribution in [0.25, 0.3) is 10.9 Å². The molecule has 2 heterocycles. The predicted octanol–water partition coefficient (Wildman–Crippen LogP) is 4.18. The molecule has 4 aromatic rings. The molecular formula is C30H31N3O5S. The van der Waals surface area contributed by atoms with Crippen molar-refractivity contribution in [2.45, 2.75) is 17.2 Å². The fourth-order valence-corrected chi connectivity index (χ4v) is 6.44. The molecule has 3 aromatic carbocycles. The van der Waals surface area contributed by atoms with Gasteiger partial charge in [-0.25, -0.2) is 8.42 Å². The minimum Gasteiger partial charge on any atom is -0.497 e. The van der Waals surface area contributed by atoms with Gasteiger partial charge in [0, 0.05) is 55.4 Å². The molecule has 8 nitrogen and oxygen atoms in total. The highest BCUT2D eigenvalue weighted by Gasteiger charge is 2.25. The van der Waals surface area contributed by atoms with Crippen LogP contribution in [-0.2, 0) is 22.1 Å². The van der Waals surface area contributed by atoms with Gasteiger partial charge in [0.1, 0.15) is 11.5 Å². The lowest BCUT2D eigenvalue weighted by molar-refractivity contribution is 0.0628. The quantitative estimate of drug-likeness (QED) is 0.328. The normalized spacial score (nSPS) is 14.4. The number of amides is 1. The average molecular weight is 546 g/mol. The molecule has 1 aliphatic rings. The number of ether oxygens (including phenoxy) is 2. The van der Waals surface area contributed by atoms with Crippen molar-refractivity contribution in [2.24, 2.45) is 0 Å². The topological polar surface area (TPSA) is 89.0 Å². The zero-order chi connectivity index (χ0) is 27.4. The highest BCUT2D eigenvalue weighted by Crippen LogP contribution is 2.29. The summed E-state index contributed by atoms with van der Waals surface area (Å²) in [4.78, 5) is 21.9. The Morgan fingerprint density at radius 3 is 2.36 bits per heavy atom. The smallest absolute Gasteiger partial charge is 0.254 e. The van der Waals surface area contributed by atoms with Crippen molar-refractivity contribution in [3.63, 3.8) is 0 Å². The minimum atomic E-state index is -3.71. The van der Waals surface area contributed by atoms with Crippen LogP contribution in [-0.4, -0.2) is 69.5 Å². The zero-order valence-corrected chi connectivity index (χ0v) is 22.9. The van der Waals surface area contributed by atoms with Crippen molar-refractivity contribution in [3.8, 4) is 11.5 Å². The summed E-state index contributed by atoms with van der Waals surface area (Å²) < 4.78 is 37.5. The number of hydrogen-bond donors (Lipinski definition) is 0. The number of methoxy groups -OCH3 is 2. The van der Waals surface area contributed by atoms with Gasteiger partial charge in [-0.15, -0.1) is 0 Å². The number of carbonyl (C=O) groups is 1. The Hall–Kier alpha value is -3.95. The molecule has 202 valence electrons. The molecule has 0 atom stereocenters. The third-order valence-corrected chi connectivity index (χ3v) is 8.73. The summed E-state index contributed by atoms with van der Waals surface area (Å²) in [6, 6.07) is 21.7. The lowest BCUT2D eigenvalue weighted by atomic mass is 10.1. The second kappa shape index (κ2) is 11.4. The van der Waals surface area contributed by atoms with Crippen LogP contribution in [0, 0.1) is 0 Å². The lowest BCUT2D eigenvalue weighted by Crippen LogP contribution is -2.48. The van der Waals surface area contributed by atoms with E-state index in [1.807, 2.05) is 29.2 Å². The molecule has 1 amide bonds. The first kappa shape index (κ1) is 26.6. The molecule has 0 radical (unpaired) electrons. The number of benzene rings is 3. The molecule has 5 rings (SSSR count). The van der Waals surface area contributed by atoms with Gasteiger partial charge in [-0.1, -0.05) is 36.4 Å². The number of piperazine rings is 1. The van der Waals surface area contributed by atoms with Gasteiger partial charge in [-0.2, -0.15) is 0 Å². The molecular weight excluding hydrogens is 514 g/mol. The summed E-state index contributed by atoms with van der Waals surface area (Å²) in [5.74, 6) is 0.851. The Balaban J connectivity index is 1.26. The first-order chi connectivity index (χ1) is 18.9. The maximum atomic E-state index is 13.4. The SMILES string of the molecule is COc1ccc(CN2CCN(C(=O)c3ccc(CS(=O)(=O)c4cccc5cccnc45)c(OC)c3)CC2)cc1. The monoisotopic (exact) mass is 545 g/mol. The van der Waals surface area contributed by atoms with Crippen LogP contribution in [0.2, 0.25) is 0 Å². The molecule has 0 saturated carbocycles. The van der Waals surface area contributed by atoms with Crippen LogP contribution >= 0.6 is 0 Å². The molecule has 1 saturated heterocycles. The van der Waals surface area contributed by atoms with E-state index in [2.05, 4.69) is 22.0 Å². The lowest BCUT2D eigenvalue weighted by Gasteiger charge is -2.35. The molecule has 1 aliphatic heterocycles. The number of aromatic nitrogens is 1. The van der Waals surface area contributed by atoms with E-state index in [0.29, 0.717) is 35.5 Å². The van der Waals surface area contributed by atoms with E-state index in [4.69, 9.17) is 9.47 Å². The van der Waals surface area contributed by atoms with E-state index in [9.17, 15) is 13.2 Å². The summed E-state index contributed by atoms with van der Waals surface area (Å²) in [7, 11) is -0.576. The Bertz CT molecular complexity index is 1580. The maximum Gasteiger partial charge on any atom is 0.254 e. The first-order valence-electron chi connectivity index (χ1n) is 12.8. The summed E-state index contributed by atoms with van der Waals surface area (Å²) in [5.41, 5.74) is 2.61. The molecule has 0 spiro atoms. The summed E-state index contributed by atoms with van der Waals surface area (Å²) in [6.07, 6.45) is 1.58. The first-order valence-corrected chi connectivity index (χ1v) is 14.4. The molecule has 0 bridgehead atoms. The molecule has 9 heteroatoms.